The van der Waals surface area contributed by atoms with Crippen molar-refractivity contribution >= 4 is 52.9 Å². The number of thioether (sulfide) groups is 1. The number of rotatable bonds is 30. The Morgan fingerprint density at radius 2 is 1.47 bits per heavy atom. The van der Waals surface area contributed by atoms with Gasteiger partial charge in [-0.2, -0.15) is 11.8 Å². The zero-order chi connectivity index (χ0) is 56.1. The summed E-state index contributed by atoms with van der Waals surface area (Å²) in [6.07, 6.45) is -0.152. The molecular formula is C53H75N7O18S. The molecule has 0 radical (unpaired) electrons. The first-order valence-electron chi connectivity index (χ1n) is 27.0. The Hall–Kier alpha value is -5.52. The Balaban J connectivity index is 0.755. The summed E-state index contributed by atoms with van der Waals surface area (Å²) in [5.41, 5.74) is 9.42. The summed E-state index contributed by atoms with van der Waals surface area (Å²) in [5.74, 6) is -5.06. The molecule has 25 nitrogen and oxygen atoms in total. The van der Waals surface area contributed by atoms with E-state index in [9.17, 15) is 43.8 Å². The molecular weight excluding hydrogens is 1050 g/mol. The quantitative estimate of drug-likeness (QED) is 0.0250. The van der Waals surface area contributed by atoms with Crippen LogP contribution in [0, 0.1) is 11.8 Å². The van der Waals surface area contributed by atoms with Crippen molar-refractivity contribution in [2.75, 3.05) is 131 Å². The number of carbonyl (C=O) groups is 7. The minimum atomic E-state index is -1.11. The van der Waals surface area contributed by atoms with Crippen LogP contribution in [0.25, 0.3) is 0 Å². The second-order valence-electron chi connectivity index (χ2n) is 19.5. The Labute approximate surface area is 462 Å². The van der Waals surface area contributed by atoms with Crippen LogP contribution in [-0.4, -0.2) is 205 Å². The Kier molecular flexibility index (Phi) is 24.3. The van der Waals surface area contributed by atoms with E-state index >= 15 is 0 Å². The number of piperidine rings is 1. The van der Waals surface area contributed by atoms with E-state index in [-0.39, 0.29) is 127 Å². The number of phenolic OH excluding ortho intramolecular Hbond substituents is 2. The minimum absolute atomic E-state index is 0.0194. The summed E-state index contributed by atoms with van der Waals surface area (Å²) in [6, 6.07) is 4.48. The average molecular weight is 1130 g/mol. The summed E-state index contributed by atoms with van der Waals surface area (Å²) < 4.78 is 51.6. The van der Waals surface area contributed by atoms with Gasteiger partial charge >= 0.3 is 0 Å². The van der Waals surface area contributed by atoms with Crippen molar-refractivity contribution in [1.29, 1.82) is 0 Å². The van der Waals surface area contributed by atoms with Crippen LogP contribution >= 0.6 is 11.8 Å². The first-order chi connectivity index (χ1) is 38.3. The second kappa shape index (κ2) is 31.5. The molecule has 7 rings (SSSR count). The molecule has 0 bridgehead atoms. The molecule has 2 aromatic rings. The maximum absolute atomic E-state index is 14.1. The zero-order valence-corrected chi connectivity index (χ0v) is 45.5. The van der Waals surface area contributed by atoms with Gasteiger partial charge in [-0.25, -0.2) is 0 Å². The van der Waals surface area contributed by atoms with E-state index in [0.29, 0.717) is 78.8 Å². The first-order valence-corrected chi connectivity index (χ1v) is 28.1. The van der Waals surface area contributed by atoms with E-state index in [1.54, 1.807) is 0 Å². The molecule has 3 heterocycles. The van der Waals surface area contributed by atoms with Gasteiger partial charge in [-0.1, -0.05) is 12.1 Å². The molecule has 5 atom stereocenters. The van der Waals surface area contributed by atoms with Gasteiger partial charge in [0.1, 0.15) is 23.5 Å². The molecule has 1 unspecified atom stereocenters. The van der Waals surface area contributed by atoms with Gasteiger partial charge in [0.25, 0.3) is 0 Å². The van der Waals surface area contributed by atoms with Gasteiger partial charge in [0.2, 0.25) is 35.3 Å². The number of methoxy groups -OCH3 is 1. The Bertz CT molecular complexity index is 2410. The number of hydrogen-bond donors (Lipinski definition) is 8. The van der Waals surface area contributed by atoms with Crippen LogP contribution in [-0.2, 0) is 68.3 Å². The van der Waals surface area contributed by atoms with Crippen LogP contribution in [0.4, 0.5) is 0 Å². The highest BCUT2D eigenvalue weighted by molar-refractivity contribution is 7.99. The molecule has 2 aliphatic carbocycles. The lowest BCUT2D eigenvalue weighted by atomic mass is 9.74. The molecule has 26 heteroatoms. The van der Waals surface area contributed by atoms with Crippen molar-refractivity contribution in [2.24, 2.45) is 17.6 Å². The number of fused-ring (bicyclic) bond motifs is 3. The predicted molar refractivity (Wildman–Crippen MR) is 282 cm³/mol. The Morgan fingerprint density at radius 3 is 2.14 bits per heavy atom. The molecule has 0 aromatic heterocycles. The third-order valence-electron chi connectivity index (χ3n) is 14.1. The molecule has 2 aromatic carbocycles. The molecule has 5 amide bonds. The van der Waals surface area contributed by atoms with Crippen molar-refractivity contribution in [3.63, 3.8) is 0 Å². The number of nitrogens with zero attached hydrogens (tertiary/aromatic N) is 1. The minimum Gasteiger partial charge on any atom is -0.507 e. The van der Waals surface area contributed by atoms with Crippen LogP contribution in [0.1, 0.15) is 94.0 Å². The van der Waals surface area contributed by atoms with Gasteiger partial charge < -0.3 is 74.1 Å². The number of carbonyl (C=O) groups excluding carboxylic acids is 7. The molecule has 0 spiro atoms. The fourth-order valence-corrected chi connectivity index (χ4v) is 10.7. The number of benzene rings is 2. The number of ether oxygens (including phenoxy) is 9. The summed E-state index contributed by atoms with van der Waals surface area (Å²) in [5, 5.41) is 32.4. The number of hydrazine groups is 1. The van der Waals surface area contributed by atoms with Crippen molar-refractivity contribution in [2.45, 2.75) is 76.1 Å². The zero-order valence-electron chi connectivity index (χ0n) is 44.6. The SMILES string of the molecule is COc1cccc2c1C(=O)c1c(O)c3c(c(O)c1C2=O)CC(C(=O)NNC(=O)CCSCC(=O)NCCNC(=O)CCOCCOCCOCCOCCN1CCC(C(N)=O)CC1)C[C@@H]3O[C@H]1CC[C@H](O[C@@H]2COCCN2)CO1. The normalized spacial score (nSPS) is 21.3. The van der Waals surface area contributed by atoms with E-state index in [2.05, 4.69) is 31.7 Å². The van der Waals surface area contributed by atoms with Crippen LogP contribution < -0.4 is 37.3 Å². The van der Waals surface area contributed by atoms with Crippen molar-refractivity contribution in [3.05, 3.63) is 51.6 Å². The number of hydrogen-bond acceptors (Lipinski definition) is 21. The van der Waals surface area contributed by atoms with E-state index in [4.69, 9.17) is 48.4 Å². The number of aromatic hydroxyl groups is 2. The van der Waals surface area contributed by atoms with Crippen molar-refractivity contribution < 1.29 is 86.4 Å². The van der Waals surface area contributed by atoms with Gasteiger partial charge in [0.15, 0.2) is 12.1 Å². The molecule has 0 saturated carbocycles. The lowest BCUT2D eigenvalue weighted by Crippen LogP contribution is -2.47. The van der Waals surface area contributed by atoms with Crippen LogP contribution in [0.2, 0.25) is 0 Å². The lowest BCUT2D eigenvalue weighted by molar-refractivity contribution is -0.229. The fraction of sp³-hybridized carbons (Fsp3) is 0.642. The smallest absolute Gasteiger partial charge is 0.241 e. The molecule has 79 heavy (non-hydrogen) atoms. The number of phenols is 2. The second-order valence-corrected chi connectivity index (χ2v) is 20.6. The van der Waals surface area contributed by atoms with Crippen molar-refractivity contribution in [3.8, 4) is 17.2 Å². The summed E-state index contributed by atoms with van der Waals surface area (Å²) in [4.78, 5) is 92.8. The number of morpholine rings is 1. The topological polar surface area (TPSA) is 332 Å². The lowest BCUT2D eigenvalue weighted by Gasteiger charge is -2.38. The van der Waals surface area contributed by atoms with E-state index < -0.39 is 64.3 Å². The average Bonchev–Trinajstić information content (AvgIpc) is 3.37. The molecule has 436 valence electrons. The van der Waals surface area contributed by atoms with Gasteiger partial charge in [0.05, 0.1) is 114 Å². The van der Waals surface area contributed by atoms with E-state index in [0.717, 1.165) is 32.5 Å². The van der Waals surface area contributed by atoms with Crippen LogP contribution in [0.3, 0.4) is 0 Å². The van der Waals surface area contributed by atoms with Gasteiger partial charge in [0, 0.05) is 79.7 Å². The number of nitrogens with two attached hydrogens (primary N) is 1. The monoisotopic (exact) mass is 1130 g/mol. The first kappa shape index (κ1) is 61.1. The standard InChI is InChI=1S/C53H75N7O18S/c1-70-37-4-2-3-35-44(37)50(66)47-46(48(35)64)49(65)36-27-33(28-38(45(36)51(47)67)78-43-6-5-34(29-76-43)77-42-30-75-18-13-57-42)53(69)59-58-40(62)10-26-79-31-41(63)56-12-11-55-39(61)9-17-71-20-22-73-24-25-74-23-21-72-19-16-60-14-7-32(8-15-60)52(54)68/h2-4,32-34,38,42-43,57,65,67H,5-31H2,1H3,(H2,54,68)(H,55,61)(H,56,63)(H,58,62)(H,59,69)/t33?,34-,38-,42+,43-/m0/s1. The van der Waals surface area contributed by atoms with Crippen LogP contribution in [0.5, 0.6) is 17.2 Å². The summed E-state index contributed by atoms with van der Waals surface area (Å²) in [7, 11) is 1.35. The Morgan fingerprint density at radius 1 is 0.772 bits per heavy atom. The highest BCUT2D eigenvalue weighted by atomic mass is 32.2. The number of ketones is 2. The highest BCUT2D eigenvalue weighted by Crippen LogP contribution is 2.51. The fourth-order valence-electron chi connectivity index (χ4n) is 9.89. The van der Waals surface area contributed by atoms with Crippen molar-refractivity contribution in [1.82, 2.24) is 31.7 Å². The third-order valence-corrected chi connectivity index (χ3v) is 15.0. The summed E-state index contributed by atoms with van der Waals surface area (Å²) >= 11 is 1.20. The van der Waals surface area contributed by atoms with Gasteiger partial charge in [-0.3, -0.25) is 49.7 Å². The number of likely N-dealkylation sites (tertiary alicyclic amines) is 1. The molecule has 9 N–H and O–H groups in total. The number of nitrogens with one attached hydrogen (secondary N) is 5. The molecule has 3 saturated heterocycles. The van der Waals surface area contributed by atoms with E-state index in [1.165, 1.54) is 37.1 Å². The largest absolute Gasteiger partial charge is 0.507 e. The summed E-state index contributed by atoms with van der Waals surface area (Å²) in [6.45, 7) is 7.96. The maximum Gasteiger partial charge on any atom is 0.241 e. The molecule has 5 aliphatic rings. The van der Waals surface area contributed by atoms with Gasteiger partial charge in [-0.15, -0.1) is 0 Å². The maximum atomic E-state index is 14.1. The third kappa shape index (κ3) is 17.7. The number of primary amides is 1. The molecule has 3 aliphatic heterocycles. The predicted octanol–water partition coefficient (Wildman–Crippen LogP) is 0.126. The van der Waals surface area contributed by atoms with Crippen LogP contribution in [0.15, 0.2) is 18.2 Å². The molecule has 3 fully saturated rings. The van der Waals surface area contributed by atoms with E-state index in [1.807, 2.05) is 0 Å². The number of amides is 5. The van der Waals surface area contributed by atoms with Gasteiger partial charge in [-0.05, 0) is 51.3 Å². The highest BCUT2D eigenvalue weighted by Gasteiger charge is 2.45.